The molecule has 0 saturated carbocycles. The van der Waals surface area contributed by atoms with Gasteiger partial charge in [-0.25, -0.2) is 0 Å². The second kappa shape index (κ2) is 9.44. The number of para-hydroxylation sites is 1. The fourth-order valence-corrected chi connectivity index (χ4v) is 7.00. The van der Waals surface area contributed by atoms with E-state index in [0.29, 0.717) is 0 Å². The zero-order valence-electron chi connectivity index (χ0n) is 23.4. The fourth-order valence-electron chi connectivity index (χ4n) is 7.00. The molecule has 0 amide bonds. The smallest absolute Gasteiger partial charge is 0.136 e. The molecule has 0 N–H and O–H groups in total. The van der Waals surface area contributed by atoms with Crippen molar-refractivity contribution in [2.24, 2.45) is 0 Å². The van der Waals surface area contributed by atoms with Crippen LogP contribution in [0.4, 0.5) is 0 Å². The fraction of sp³-hybridized carbons (Fsp3) is 0. The van der Waals surface area contributed by atoms with Gasteiger partial charge >= 0.3 is 0 Å². The Hall–Kier alpha value is -5.66. The van der Waals surface area contributed by atoms with Crippen molar-refractivity contribution < 1.29 is 4.42 Å². The van der Waals surface area contributed by atoms with Crippen LogP contribution in [0, 0.1) is 0 Å². The van der Waals surface area contributed by atoms with Gasteiger partial charge in [0, 0.05) is 10.8 Å². The molecule has 0 atom stereocenters. The second-order valence-corrected chi connectivity index (χ2v) is 11.2. The highest BCUT2D eigenvalue weighted by atomic mass is 16.3. The lowest BCUT2D eigenvalue weighted by Crippen LogP contribution is -1.92. The highest BCUT2D eigenvalue weighted by Gasteiger charge is 2.22. The summed E-state index contributed by atoms with van der Waals surface area (Å²) in [4.78, 5) is 0. The van der Waals surface area contributed by atoms with Gasteiger partial charge < -0.3 is 4.42 Å². The Bertz CT molecular complexity index is 2440. The minimum Gasteiger partial charge on any atom is -0.456 e. The van der Waals surface area contributed by atoms with Crippen LogP contribution in [0.25, 0.3) is 87.6 Å². The van der Waals surface area contributed by atoms with Crippen molar-refractivity contribution in [2.45, 2.75) is 0 Å². The third-order valence-corrected chi connectivity index (χ3v) is 8.85. The van der Waals surface area contributed by atoms with Crippen molar-refractivity contribution in [3.05, 3.63) is 158 Å². The predicted molar refractivity (Wildman–Crippen MR) is 183 cm³/mol. The summed E-state index contributed by atoms with van der Waals surface area (Å²) in [6.07, 6.45) is 0. The molecule has 43 heavy (non-hydrogen) atoms. The molecule has 0 aliphatic carbocycles. The predicted octanol–water partition coefficient (Wildman–Crippen LogP) is 12.0. The lowest BCUT2D eigenvalue weighted by Gasteiger charge is -2.19. The Morgan fingerprint density at radius 2 is 0.860 bits per heavy atom. The van der Waals surface area contributed by atoms with Gasteiger partial charge in [0.25, 0.3) is 0 Å². The molecule has 1 heteroatoms. The van der Waals surface area contributed by atoms with Crippen molar-refractivity contribution in [1.29, 1.82) is 0 Å². The molecular weight excluding hydrogens is 520 g/mol. The van der Waals surface area contributed by atoms with Crippen LogP contribution >= 0.6 is 0 Å². The van der Waals surface area contributed by atoms with Crippen molar-refractivity contribution in [3.8, 4) is 33.4 Å². The lowest BCUT2D eigenvalue weighted by atomic mass is 9.83. The molecule has 9 rings (SSSR count). The van der Waals surface area contributed by atoms with E-state index in [-0.39, 0.29) is 0 Å². The molecule has 0 spiro atoms. The maximum atomic E-state index is 6.54. The van der Waals surface area contributed by atoms with E-state index in [1.807, 2.05) is 6.07 Å². The van der Waals surface area contributed by atoms with Crippen LogP contribution < -0.4 is 0 Å². The third kappa shape index (κ3) is 3.65. The van der Waals surface area contributed by atoms with E-state index in [2.05, 4.69) is 152 Å². The Labute approximate surface area is 249 Å². The molecule has 0 aliphatic rings. The molecule has 0 unspecified atom stereocenters. The zero-order valence-corrected chi connectivity index (χ0v) is 23.4. The van der Waals surface area contributed by atoms with Gasteiger partial charge in [-0.2, -0.15) is 0 Å². The zero-order chi connectivity index (χ0) is 28.3. The molecule has 8 aromatic carbocycles. The van der Waals surface area contributed by atoms with Gasteiger partial charge in [0.05, 0.1) is 0 Å². The SMILES string of the molecule is c1ccc(-c2cc(-c3c4ccccc4c(-c4cccc5ccccc45)c4ccccc34)c3c(c2)oc2ccccc23)cc1. The Kier molecular flexibility index (Phi) is 5.27. The Morgan fingerprint density at radius 1 is 0.326 bits per heavy atom. The third-order valence-electron chi connectivity index (χ3n) is 8.85. The summed E-state index contributed by atoms with van der Waals surface area (Å²) in [6.45, 7) is 0. The van der Waals surface area contributed by atoms with E-state index in [0.717, 1.165) is 27.5 Å². The quantitative estimate of drug-likeness (QED) is 0.201. The van der Waals surface area contributed by atoms with E-state index < -0.39 is 0 Å². The van der Waals surface area contributed by atoms with E-state index in [4.69, 9.17) is 4.42 Å². The van der Waals surface area contributed by atoms with Crippen LogP contribution in [-0.4, -0.2) is 0 Å². The van der Waals surface area contributed by atoms with Crippen LogP contribution in [0.3, 0.4) is 0 Å². The molecule has 200 valence electrons. The van der Waals surface area contributed by atoms with Gasteiger partial charge in [0.15, 0.2) is 0 Å². The summed E-state index contributed by atoms with van der Waals surface area (Å²) in [5.74, 6) is 0. The van der Waals surface area contributed by atoms with E-state index in [1.54, 1.807) is 0 Å². The summed E-state index contributed by atoms with van der Waals surface area (Å²) in [5, 5.41) is 9.78. The molecule has 1 aromatic heterocycles. The summed E-state index contributed by atoms with van der Waals surface area (Å²) in [5.41, 5.74) is 9.10. The maximum absolute atomic E-state index is 6.54. The summed E-state index contributed by atoms with van der Waals surface area (Å²) in [7, 11) is 0. The first-order chi connectivity index (χ1) is 21.3. The average molecular weight is 547 g/mol. The van der Waals surface area contributed by atoms with E-state index in [1.165, 1.54) is 60.1 Å². The molecule has 0 radical (unpaired) electrons. The van der Waals surface area contributed by atoms with Gasteiger partial charge in [0.2, 0.25) is 0 Å². The highest BCUT2D eigenvalue weighted by Crippen LogP contribution is 2.48. The largest absolute Gasteiger partial charge is 0.456 e. The first-order valence-corrected chi connectivity index (χ1v) is 14.8. The standard InChI is InChI=1S/C42H26O/c1-2-13-27(14-3-1)29-25-37(42-36-22-10-11-24-38(36)43-39(42)26-29)41-34-20-8-6-18-32(34)40(33-19-7-9-21-35(33)41)31-23-12-16-28-15-4-5-17-30(28)31/h1-26H. The number of fused-ring (bicyclic) bond motifs is 6. The van der Waals surface area contributed by atoms with Crippen LogP contribution in [0.2, 0.25) is 0 Å². The number of rotatable bonds is 3. The lowest BCUT2D eigenvalue weighted by molar-refractivity contribution is 0.669. The topological polar surface area (TPSA) is 13.1 Å². The summed E-state index contributed by atoms with van der Waals surface area (Å²) < 4.78 is 6.54. The minimum absolute atomic E-state index is 0.906. The van der Waals surface area contributed by atoms with Crippen molar-refractivity contribution in [1.82, 2.24) is 0 Å². The second-order valence-electron chi connectivity index (χ2n) is 11.2. The van der Waals surface area contributed by atoms with Crippen LogP contribution in [-0.2, 0) is 0 Å². The van der Waals surface area contributed by atoms with E-state index in [9.17, 15) is 0 Å². The highest BCUT2D eigenvalue weighted by molar-refractivity contribution is 6.27. The van der Waals surface area contributed by atoms with Gasteiger partial charge in [-0.1, -0.05) is 140 Å². The summed E-state index contributed by atoms with van der Waals surface area (Å²) >= 11 is 0. The van der Waals surface area contributed by atoms with Crippen LogP contribution in [0.15, 0.2) is 162 Å². The van der Waals surface area contributed by atoms with Gasteiger partial charge in [-0.15, -0.1) is 0 Å². The van der Waals surface area contributed by atoms with Crippen molar-refractivity contribution >= 4 is 54.3 Å². The first kappa shape index (κ1) is 24.0. The molecule has 1 nitrogen and oxygen atoms in total. The molecule has 0 bridgehead atoms. The Morgan fingerprint density at radius 3 is 1.56 bits per heavy atom. The minimum atomic E-state index is 0.906. The number of benzene rings is 8. The molecule has 9 aromatic rings. The number of hydrogen-bond acceptors (Lipinski definition) is 1. The van der Waals surface area contributed by atoms with E-state index >= 15 is 0 Å². The van der Waals surface area contributed by atoms with Crippen molar-refractivity contribution in [3.63, 3.8) is 0 Å². The molecule has 1 heterocycles. The van der Waals surface area contributed by atoms with Gasteiger partial charge in [0.1, 0.15) is 11.2 Å². The Balaban J connectivity index is 1.48. The molecule has 0 saturated heterocycles. The maximum Gasteiger partial charge on any atom is 0.136 e. The monoisotopic (exact) mass is 546 g/mol. The average Bonchev–Trinajstić information content (AvgIpc) is 3.46. The summed E-state index contributed by atoms with van der Waals surface area (Å²) in [6, 6.07) is 56.7. The normalized spacial score (nSPS) is 11.7. The number of furan rings is 1. The van der Waals surface area contributed by atoms with Gasteiger partial charge in [-0.3, -0.25) is 0 Å². The van der Waals surface area contributed by atoms with Crippen LogP contribution in [0.1, 0.15) is 0 Å². The molecule has 0 aliphatic heterocycles. The number of hydrogen-bond donors (Lipinski definition) is 0. The van der Waals surface area contributed by atoms with Crippen molar-refractivity contribution in [2.75, 3.05) is 0 Å². The molecular formula is C42H26O. The van der Waals surface area contributed by atoms with Gasteiger partial charge in [-0.05, 0) is 83.9 Å². The van der Waals surface area contributed by atoms with Crippen LogP contribution in [0.5, 0.6) is 0 Å². The first-order valence-electron chi connectivity index (χ1n) is 14.8. The molecule has 0 fully saturated rings.